The van der Waals surface area contributed by atoms with E-state index in [0.29, 0.717) is 5.92 Å². The number of aromatic nitrogens is 2. The van der Waals surface area contributed by atoms with Crippen molar-refractivity contribution in [2.45, 2.75) is 32.2 Å². The fourth-order valence-electron chi connectivity index (χ4n) is 1.85. The summed E-state index contributed by atoms with van der Waals surface area (Å²) in [4.78, 5) is 8.81. The van der Waals surface area contributed by atoms with Crippen LogP contribution in [0.4, 0.5) is 0 Å². The number of hydrogen-bond donors (Lipinski definition) is 1. The molecule has 0 saturated carbocycles. The van der Waals surface area contributed by atoms with Crippen molar-refractivity contribution in [3.05, 3.63) is 59.7 Å². The smallest absolute Gasteiger partial charge is 0.145 e. The highest BCUT2D eigenvalue weighted by Crippen LogP contribution is 2.15. The van der Waals surface area contributed by atoms with E-state index in [2.05, 4.69) is 35.9 Å². The second kappa shape index (κ2) is 5.74. The summed E-state index contributed by atoms with van der Waals surface area (Å²) < 4.78 is 0. The summed E-state index contributed by atoms with van der Waals surface area (Å²) in [6.45, 7) is 4.24. The predicted octanol–water partition coefficient (Wildman–Crippen LogP) is 2.84. The molecular weight excluding hydrogens is 222 g/mol. The van der Waals surface area contributed by atoms with Gasteiger partial charge in [-0.15, -0.1) is 0 Å². The third-order valence-electron chi connectivity index (χ3n) is 2.92. The Labute approximate surface area is 108 Å². The maximum atomic E-state index is 6.17. The number of hydrogen-bond acceptors (Lipinski definition) is 3. The first-order valence-electron chi connectivity index (χ1n) is 6.29. The molecule has 1 heterocycles. The lowest BCUT2D eigenvalue weighted by Crippen LogP contribution is -2.17. The van der Waals surface area contributed by atoms with Gasteiger partial charge in [-0.05, 0) is 24.0 Å². The Morgan fingerprint density at radius 2 is 1.83 bits per heavy atom. The third kappa shape index (κ3) is 3.14. The molecule has 94 valence electrons. The Morgan fingerprint density at radius 1 is 1.11 bits per heavy atom. The molecule has 1 atom stereocenters. The van der Waals surface area contributed by atoms with E-state index in [1.807, 2.05) is 24.3 Å². The molecule has 1 aromatic heterocycles. The average molecular weight is 241 g/mol. The van der Waals surface area contributed by atoms with Crippen LogP contribution in [0, 0.1) is 0 Å². The molecule has 0 spiro atoms. The van der Waals surface area contributed by atoms with Crippen molar-refractivity contribution >= 4 is 0 Å². The van der Waals surface area contributed by atoms with Gasteiger partial charge in [-0.3, -0.25) is 0 Å². The second-order valence-corrected chi connectivity index (χ2v) is 4.79. The van der Waals surface area contributed by atoms with Crippen molar-refractivity contribution in [3.63, 3.8) is 0 Å². The quantitative estimate of drug-likeness (QED) is 0.895. The van der Waals surface area contributed by atoms with Crippen LogP contribution in [0.2, 0.25) is 0 Å². The van der Waals surface area contributed by atoms with Crippen LogP contribution in [-0.2, 0) is 6.42 Å². The van der Waals surface area contributed by atoms with E-state index >= 15 is 0 Å². The van der Waals surface area contributed by atoms with Gasteiger partial charge < -0.3 is 5.73 Å². The molecule has 1 aromatic carbocycles. The van der Waals surface area contributed by atoms with Crippen LogP contribution in [0.5, 0.6) is 0 Å². The van der Waals surface area contributed by atoms with Crippen LogP contribution >= 0.6 is 0 Å². The number of rotatable bonds is 4. The van der Waals surface area contributed by atoms with Crippen molar-refractivity contribution in [2.75, 3.05) is 0 Å². The van der Waals surface area contributed by atoms with Gasteiger partial charge in [0.2, 0.25) is 0 Å². The van der Waals surface area contributed by atoms with Gasteiger partial charge in [-0.25, -0.2) is 9.97 Å². The maximum Gasteiger partial charge on any atom is 0.145 e. The first-order chi connectivity index (χ1) is 8.66. The molecule has 2 rings (SSSR count). The van der Waals surface area contributed by atoms with Gasteiger partial charge in [-0.1, -0.05) is 44.2 Å². The molecule has 0 fully saturated rings. The Bertz CT molecular complexity index is 494. The summed E-state index contributed by atoms with van der Waals surface area (Å²) >= 11 is 0. The highest BCUT2D eigenvalue weighted by Gasteiger charge is 2.11. The van der Waals surface area contributed by atoms with Crippen molar-refractivity contribution in [3.8, 4) is 0 Å². The standard InChI is InChI=1S/C15H19N3/c1-11(2)14-8-9-17-15(18-14)13(16)10-12-6-4-3-5-7-12/h3-9,11,13H,10,16H2,1-2H3. The minimum Gasteiger partial charge on any atom is -0.321 e. The summed E-state index contributed by atoms with van der Waals surface area (Å²) in [5, 5.41) is 0. The molecule has 0 radical (unpaired) electrons. The zero-order valence-corrected chi connectivity index (χ0v) is 10.9. The minimum absolute atomic E-state index is 0.147. The second-order valence-electron chi connectivity index (χ2n) is 4.79. The monoisotopic (exact) mass is 241 g/mol. The average Bonchev–Trinajstić information content (AvgIpc) is 2.40. The molecule has 0 bridgehead atoms. The van der Waals surface area contributed by atoms with E-state index in [0.717, 1.165) is 17.9 Å². The normalized spacial score (nSPS) is 12.7. The van der Waals surface area contributed by atoms with E-state index in [4.69, 9.17) is 5.73 Å². The van der Waals surface area contributed by atoms with Crippen LogP contribution in [0.15, 0.2) is 42.6 Å². The van der Waals surface area contributed by atoms with Crippen molar-refractivity contribution in [1.82, 2.24) is 9.97 Å². The lowest BCUT2D eigenvalue weighted by Gasteiger charge is -2.12. The van der Waals surface area contributed by atoms with Crippen molar-refractivity contribution in [2.24, 2.45) is 5.73 Å². The zero-order chi connectivity index (χ0) is 13.0. The SMILES string of the molecule is CC(C)c1ccnc(C(N)Cc2ccccc2)n1. The maximum absolute atomic E-state index is 6.17. The van der Waals surface area contributed by atoms with E-state index < -0.39 is 0 Å². The molecule has 3 heteroatoms. The van der Waals surface area contributed by atoms with Crippen LogP contribution in [0.3, 0.4) is 0 Å². The first kappa shape index (κ1) is 12.7. The van der Waals surface area contributed by atoms with Crippen LogP contribution in [0.25, 0.3) is 0 Å². The summed E-state index contributed by atoms with van der Waals surface area (Å²) in [5.74, 6) is 1.13. The Hall–Kier alpha value is -1.74. The fraction of sp³-hybridized carbons (Fsp3) is 0.333. The molecule has 0 aliphatic rings. The lowest BCUT2D eigenvalue weighted by molar-refractivity contribution is 0.651. The Morgan fingerprint density at radius 3 is 2.50 bits per heavy atom. The molecule has 2 aromatic rings. The number of benzene rings is 1. The van der Waals surface area contributed by atoms with Gasteiger partial charge in [-0.2, -0.15) is 0 Å². The van der Waals surface area contributed by atoms with E-state index in [9.17, 15) is 0 Å². The van der Waals surface area contributed by atoms with E-state index in [1.165, 1.54) is 5.56 Å². The van der Waals surface area contributed by atoms with E-state index in [-0.39, 0.29) is 6.04 Å². The van der Waals surface area contributed by atoms with Crippen LogP contribution < -0.4 is 5.73 Å². The summed E-state index contributed by atoms with van der Waals surface area (Å²) in [6, 6.07) is 12.0. The largest absolute Gasteiger partial charge is 0.321 e. The molecule has 0 saturated heterocycles. The van der Waals surface area contributed by atoms with Gasteiger partial charge in [0.25, 0.3) is 0 Å². The lowest BCUT2D eigenvalue weighted by atomic mass is 10.1. The molecule has 1 unspecified atom stereocenters. The predicted molar refractivity (Wildman–Crippen MR) is 73.2 cm³/mol. The summed E-state index contributed by atoms with van der Waals surface area (Å²) in [7, 11) is 0. The minimum atomic E-state index is -0.147. The molecule has 18 heavy (non-hydrogen) atoms. The van der Waals surface area contributed by atoms with E-state index in [1.54, 1.807) is 6.20 Å². The van der Waals surface area contributed by atoms with Gasteiger partial charge in [0.05, 0.1) is 6.04 Å². The summed E-state index contributed by atoms with van der Waals surface area (Å²) in [5.41, 5.74) is 8.43. The molecule has 0 aliphatic carbocycles. The van der Waals surface area contributed by atoms with Gasteiger partial charge in [0, 0.05) is 11.9 Å². The zero-order valence-electron chi connectivity index (χ0n) is 10.9. The Kier molecular flexibility index (Phi) is 4.05. The highest BCUT2D eigenvalue weighted by molar-refractivity contribution is 5.18. The Balaban J connectivity index is 2.14. The molecule has 0 aliphatic heterocycles. The molecule has 2 N–H and O–H groups in total. The van der Waals surface area contributed by atoms with Gasteiger partial charge in [0.15, 0.2) is 0 Å². The fourth-order valence-corrected chi connectivity index (χ4v) is 1.85. The van der Waals surface area contributed by atoms with Crippen LogP contribution in [0.1, 0.15) is 42.9 Å². The van der Waals surface area contributed by atoms with Gasteiger partial charge >= 0.3 is 0 Å². The molecular formula is C15H19N3. The topological polar surface area (TPSA) is 51.8 Å². The third-order valence-corrected chi connectivity index (χ3v) is 2.92. The van der Waals surface area contributed by atoms with Gasteiger partial charge in [0.1, 0.15) is 5.82 Å². The summed E-state index contributed by atoms with van der Waals surface area (Å²) in [6.07, 6.45) is 2.56. The van der Waals surface area contributed by atoms with Crippen LogP contribution in [-0.4, -0.2) is 9.97 Å². The number of nitrogens with zero attached hydrogens (tertiary/aromatic N) is 2. The number of nitrogens with two attached hydrogens (primary N) is 1. The van der Waals surface area contributed by atoms with Crippen molar-refractivity contribution in [1.29, 1.82) is 0 Å². The highest BCUT2D eigenvalue weighted by atomic mass is 14.9. The molecule has 0 amide bonds. The molecule has 3 nitrogen and oxygen atoms in total. The first-order valence-corrected chi connectivity index (χ1v) is 6.29. The van der Waals surface area contributed by atoms with Crippen molar-refractivity contribution < 1.29 is 0 Å².